The molecule has 0 aliphatic carbocycles. The topological polar surface area (TPSA) is 302 Å². The van der Waals surface area contributed by atoms with Crippen LogP contribution < -0.4 is 10.6 Å². The van der Waals surface area contributed by atoms with Gasteiger partial charge in [-0.2, -0.15) is 26.3 Å². The molecule has 10 rings (SSSR count). The van der Waals surface area contributed by atoms with Crippen LogP contribution >= 0.6 is 0 Å². The van der Waals surface area contributed by atoms with E-state index in [0.29, 0.717) is 80.1 Å². The number of fused-ring (bicyclic) bond motifs is 2. The van der Waals surface area contributed by atoms with E-state index in [9.17, 15) is 50.6 Å². The Kier molecular flexibility index (Phi) is 19.7. The molecule has 5 N–H and O–H groups in total. The van der Waals surface area contributed by atoms with Crippen molar-refractivity contribution < 1.29 is 69.1 Å². The third-order valence-corrected chi connectivity index (χ3v) is 14.4. The zero-order valence-corrected chi connectivity index (χ0v) is 52.8. The highest BCUT2D eigenvalue weighted by atomic mass is 19.4. The van der Waals surface area contributed by atoms with Gasteiger partial charge < -0.3 is 58.9 Å². The number of piperidine rings is 2. The Morgan fingerprint density at radius 2 is 1.01 bits per heavy atom. The normalized spacial score (nSPS) is 17.2. The fourth-order valence-corrected chi connectivity index (χ4v) is 10.6. The van der Waals surface area contributed by atoms with E-state index >= 15 is 0 Å². The summed E-state index contributed by atoms with van der Waals surface area (Å²) in [7, 11) is 3.24. The first-order valence-corrected chi connectivity index (χ1v) is 29.2. The van der Waals surface area contributed by atoms with Gasteiger partial charge >= 0.3 is 30.5 Å². The molecular weight excluding hydrogens is 1200 g/mol. The molecule has 2 saturated heterocycles. The summed E-state index contributed by atoms with van der Waals surface area (Å²) in [5, 5.41) is 24.4. The number of carbonyl (C=O) groups excluding carboxylic acids is 3. The quantitative estimate of drug-likeness (QED) is 0.0795. The molecule has 2 fully saturated rings. The van der Waals surface area contributed by atoms with Gasteiger partial charge in [0.15, 0.2) is 0 Å². The Morgan fingerprint density at radius 1 is 0.626 bits per heavy atom. The summed E-state index contributed by atoms with van der Waals surface area (Å²) in [6.45, 7) is 21.8. The molecule has 2 aliphatic heterocycles. The Bertz CT molecular complexity index is 3920. The molecular formula is C61H73F6N15O9. The first kappa shape index (κ1) is 67.5. The lowest BCUT2D eigenvalue weighted by atomic mass is 9.93. The van der Waals surface area contributed by atoms with E-state index in [1.54, 1.807) is 108 Å². The second kappa shape index (κ2) is 26.6. The Hall–Kier alpha value is -9.38. The molecule has 30 heteroatoms. The third kappa shape index (κ3) is 16.0. The molecule has 0 spiro atoms. The number of hydrogen-bond acceptors (Lipinski definition) is 18. The molecule has 24 nitrogen and oxygen atoms in total. The van der Waals surface area contributed by atoms with Crippen molar-refractivity contribution in [1.82, 2.24) is 64.9 Å². The maximum atomic E-state index is 14.2. The van der Waals surface area contributed by atoms with Crippen LogP contribution in [-0.2, 0) is 31.4 Å². The van der Waals surface area contributed by atoms with Crippen LogP contribution in [-0.4, -0.2) is 158 Å². The number of pyridine rings is 2. The smallest absolute Gasteiger partial charge is 0.419 e. The van der Waals surface area contributed by atoms with Crippen molar-refractivity contribution in [2.45, 2.75) is 138 Å². The molecule has 488 valence electrons. The van der Waals surface area contributed by atoms with Gasteiger partial charge in [0.1, 0.15) is 45.1 Å². The Morgan fingerprint density at radius 3 is 1.35 bits per heavy atom. The molecule has 8 aromatic heterocycles. The number of nitrogens with one attached hydrogen (secondary N) is 4. The number of carbonyl (C=O) groups is 4. The number of aromatic nitrogens is 10. The lowest BCUT2D eigenvalue weighted by Gasteiger charge is -2.38. The number of anilines is 2. The predicted octanol–water partition coefficient (Wildman–Crippen LogP) is 12.3. The van der Waals surface area contributed by atoms with Crippen LogP contribution in [0.5, 0.6) is 0 Å². The molecule has 91 heavy (non-hydrogen) atoms. The second-order valence-electron chi connectivity index (χ2n) is 24.5. The highest BCUT2D eigenvalue weighted by Gasteiger charge is 2.41. The Labute approximate surface area is 519 Å². The molecule has 8 aromatic rings. The van der Waals surface area contributed by atoms with Crippen molar-refractivity contribution in [1.29, 1.82) is 0 Å². The number of rotatable bonds is 10. The van der Waals surface area contributed by atoms with Gasteiger partial charge in [0.05, 0.1) is 57.1 Å². The maximum Gasteiger partial charge on any atom is 0.419 e. The number of nitrogens with zero attached hydrogens (tertiary/aromatic N) is 11. The van der Waals surface area contributed by atoms with Crippen LogP contribution in [0.25, 0.3) is 67.1 Å². The standard InChI is InChI=1S/C30H35F3N8O4.C28H30F3N7O5.C3H8/c1-15-23(16(2)45-39-15)22-9-8-19-20(11-34-25(19)37-22)24-21(30(31,32)33)12-35-27(38-24)36-18-10-17(26(42)40(6)7)13-41(14-18)28(43)44-29(3,4)5;1-13-21(14(2)43-37-13)20-7-6-17-18(9-32-23(17)35-20)22-19(28(29,30)31)10-33-25(36-22)34-16-8-15(24(39)40)11-38(12-16)26(41)42-27(3,4)5;1-3-2/h8-9,11-12,17-18H,10,13-14H2,1-7H3,(H,34,37)(H,35,36,38);6-7,9-10,15-16H,8,11-12H2,1-5H3,(H,32,35)(H,39,40)(H,33,34,36);3H2,1-2H3/t17-,18+;15-,16+;/m11./s1. The van der Waals surface area contributed by atoms with Gasteiger partial charge in [-0.05, 0) is 106 Å². The highest BCUT2D eigenvalue weighted by molar-refractivity contribution is 5.96. The van der Waals surface area contributed by atoms with Crippen molar-refractivity contribution >= 4 is 58.0 Å². The highest BCUT2D eigenvalue weighted by Crippen LogP contribution is 2.42. The number of hydrogen-bond donors (Lipinski definition) is 5. The number of carboxylic acid groups (broad SMARTS) is 1. The molecule has 3 amide bonds. The number of ether oxygens (including phenoxy) is 2. The molecule has 10 heterocycles. The van der Waals surface area contributed by atoms with Gasteiger partial charge in [-0.1, -0.05) is 30.6 Å². The molecule has 2 aliphatic rings. The summed E-state index contributed by atoms with van der Waals surface area (Å²) < 4.78 is 106. The molecule has 0 unspecified atom stereocenters. The van der Waals surface area contributed by atoms with Gasteiger partial charge in [0.2, 0.25) is 17.8 Å². The van der Waals surface area contributed by atoms with Gasteiger partial charge in [0.25, 0.3) is 0 Å². The summed E-state index contributed by atoms with van der Waals surface area (Å²) in [5.41, 5.74) is 0.387. The van der Waals surface area contributed by atoms with E-state index in [2.05, 4.69) is 74.7 Å². The zero-order chi connectivity index (χ0) is 66.8. The van der Waals surface area contributed by atoms with Crippen molar-refractivity contribution in [3.05, 3.63) is 83.1 Å². The fourth-order valence-electron chi connectivity index (χ4n) is 10.6. The number of alkyl halides is 6. The molecule has 4 atom stereocenters. The molecule has 0 saturated carbocycles. The largest absolute Gasteiger partial charge is 0.481 e. The van der Waals surface area contributed by atoms with Crippen LogP contribution in [0.1, 0.15) is 109 Å². The number of H-pyrrole nitrogens is 2. The monoisotopic (exact) mass is 1270 g/mol. The average Bonchev–Trinajstić information content (AvgIpc) is 1.86. The van der Waals surface area contributed by atoms with E-state index in [0.717, 1.165) is 6.20 Å². The van der Waals surface area contributed by atoms with Gasteiger partial charge in [-0.25, -0.2) is 39.5 Å². The average molecular weight is 1270 g/mol. The Balaban J connectivity index is 0.000000225. The SMILES string of the molecule is CCC.Cc1noc(C)c1-c1ccc2c(-c3nc(N[C@H]4C[C@@H](C(=O)N(C)C)CN(C(=O)OC(C)(C)C)C4)ncc3C(F)(F)F)c[nH]c2n1.Cc1noc(C)c1-c1ccc2c(-c3nc(N[C@H]4C[C@@H](C(=O)O)CN(C(=O)OC(C)(C)C)C4)ncc3C(F)(F)F)c[nH]c2n1. The van der Waals surface area contributed by atoms with Crippen molar-refractivity contribution in [2.24, 2.45) is 11.8 Å². The van der Waals surface area contributed by atoms with Gasteiger partial charge in [-0.3, -0.25) is 9.59 Å². The minimum Gasteiger partial charge on any atom is -0.481 e. The van der Waals surface area contributed by atoms with Crippen LogP contribution in [0.4, 0.5) is 47.8 Å². The third-order valence-electron chi connectivity index (χ3n) is 14.4. The minimum absolute atomic E-state index is 0.0416. The number of aliphatic carboxylic acids is 1. The van der Waals surface area contributed by atoms with Gasteiger partial charge in [-0.15, -0.1) is 0 Å². The van der Waals surface area contributed by atoms with Crippen LogP contribution in [0.3, 0.4) is 0 Å². The first-order chi connectivity index (χ1) is 42.5. The van der Waals surface area contributed by atoms with E-state index in [1.807, 2.05) is 0 Å². The fraction of sp³-hybridized carbons (Fsp3) is 0.475. The first-order valence-electron chi connectivity index (χ1n) is 29.2. The van der Waals surface area contributed by atoms with Gasteiger partial charge in [0, 0.05) is 99.0 Å². The number of likely N-dealkylation sites (tertiary alicyclic amines) is 2. The lowest BCUT2D eigenvalue weighted by molar-refractivity contribution is -0.143. The van der Waals surface area contributed by atoms with Crippen LogP contribution in [0.15, 0.2) is 58.1 Å². The van der Waals surface area contributed by atoms with E-state index in [4.69, 9.17) is 18.5 Å². The number of aryl methyl sites for hydroxylation is 4. The van der Waals surface area contributed by atoms with Crippen molar-refractivity contribution in [2.75, 3.05) is 50.9 Å². The molecule has 0 radical (unpaired) electrons. The number of aromatic amines is 2. The summed E-state index contributed by atoms with van der Waals surface area (Å²) in [5.74, 6) is -1.92. The van der Waals surface area contributed by atoms with E-state index in [-0.39, 0.29) is 67.2 Å². The van der Waals surface area contributed by atoms with Crippen LogP contribution in [0.2, 0.25) is 0 Å². The summed E-state index contributed by atoms with van der Waals surface area (Å²) in [4.78, 5) is 86.0. The lowest BCUT2D eigenvalue weighted by Crippen LogP contribution is -2.53. The van der Waals surface area contributed by atoms with E-state index in [1.165, 1.54) is 33.5 Å². The number of carboxylic acids is 1. The summed E-state index contributed by atoms with van der Waals surface area (Å²) in [6.07, 6.45) is -4.94. The minimum atomic E-state index is -4.77. The van der Waals surface area contributed by atoms with Crippen molar-refractivity contribution in [3.8, 4) is 45.0 Å². The summed E-state index contributed by atoms with van der Waals surface area (Å²) >= 11 is 0. The van der Waals surface area contributed by atoms with E-state index < -0.39 is 82.5 Å². The second-order valence-corrected chi connectivity index (χ2v) is 24.5. The predicted molar refractivity (Wildman–Crippen MR) is 323 cm³/mol. The zero-order valence-electron chi connectivity index (χ0n) is 52.8. The molecule has 0 aromatic carbocycles. The number of amides is 3. The number of halogens is 6. The summed E-state index contributed by atoms with van der Waals surface area (Å²) in [6, 6.07) is 5.44. The van der Waals surface area contributed by atoms with Crippen LogP contribution in [0, 0.1) is 39.5 Å². The maximum absolute atomic E-state index is 14.2. The van der Waals surface area contributed by atoms with Crippen molar-refractivity contribution in [3.63, 3.8) is 0 Å². The molecule has 0 bridgehead atoms.